The second kappa shape index (κ2) is 10.5. The first kappa shape index (κ1) is 24.7. The number of nitrogens with one attached hydrogen (secondary N) is 2. The molecule has 0 spiro atoms. The van der Waals surface area contributed by atoms with Crippen LogP contribution in [0.25, 0.3) is 11.1 Å². The quantitative estimate of drug-likeness (QED) is 0.452. The third-order valence-electron chi connectivity index (χ3n) is 6.98. The standard InChI is InChI=1S/C27H32N2O6/c1-3-27(16-34-2,25(32)28-23(24(30)31)14-17-12-13-17)29-26(33)35-15-22-20-10-6-4-8-18(20)19-9-5-7-11-21(19)22/h4-11,17,22-23H,3,12-16H2,1-2H3,(H,28,32)(H,29,33)(H,30,31)/t23-,27?/m0/s1. The van der Waals surface area contributed by atoms with E-state index in [0.29, 0.717) is 12.3 Å². The Kier molecular flexibility index (Phi) is 7.40. The van der Waals surface area contributed by atoms with Crippen LogP contribution in [0, 0.1) is 5.92 Å². The molecular weight excluding hydrogens is 448 g/mol. The highest BCUT2D eigenvalue weighted by molar-refractivity contribution is 5.93. The van der Waals surface area contributed by atoms with Crippen molar-refractivity contribution in [2.24, 2.45) is 5.92 Å². The van der Waals surface area contributed by atoms with Gasteiger partial charge >= 0.3 is 12.1 Å². The largest absolute Gasteiger partial charge is 0.480 e. The van der Waals surface area contributed by atoms with Crippen LogP contribution in [-0.4, -0.2) is 55.0 Å². The molecular formula is C27H32N2O6. The second-order valence-corrected chi connectivity index (χ2v) is 9.36. The van der Waals surface area contributed by atoms with Gasteiger partial charge in [0, 0.05) is 13.0 Å². The Morgan fingerprint density at radius 3 is 2.17 bits per heavy atom. The van der Waals surface area contributed by atoms with Gasteiger partial charge in [-0.25, -0.2) is 9.59 Å². The number of amides is 2. The molecule has 1 saturated carbocycles. The van der Waals surface area contributed by atoms with Crippen LogP contribution in [0.1, 0.15) is 49.7 Å². The summed E-state index contributed by atoms with van der Waals surface area (Å²) >= 11 is 0. The number of carbonyl (C=O) groups is 3. The van der Waals surface area contributed by atoms with Crippen molar-refractivity contribution >= 4 is 18.0 Å². The van der Waals surface area contributed by atoms with Crippen LogP contribution < -0.4 is 10.6 Å². The lowest BCUT2D eigenvalue weighted by Crippen LogP contribution is -2.63. The summed E-state index contributed by atoms with van der Waals surface area (Å²) in [5, 5.41) is 14.8. The van der Waals surface area contributed by atoms with E-state index in [1.165, 1.54) is 7.11 Å². The number of ether oxygens (including phenoxy) is 2. The van der Waals surface area contributed by atoms with E-state index in [-0.39, 0.29) is 25.6 Å². The van der Waals surface area contributed by atoms with Gasteiger partial charge in [-0.1, -0.05) is 68.3 Å². The SMILES string of the molecule is CCC(COC)(NC(=O)OCC1c2ccccc2-c2ccccc21)C(=O)N[C@@H](CC1CC1)C(=O)O. The minimum atomic E-state index is -1.45. The number of benzene rings is 2. The lowest BCUT2D eigenvalue weighted by Gasteiger charge is -2.32. The molecule has 8 heteroatoms. The molecule has 35 heavy (non-hydrogen) atoms. The Morgan fingerprint density at radius 2 is 1.66 bits per heavy atom. The van der Waals surface area contributed by atoms with Crippen molar-refractivity contribution in [3.8, 4) is 11.1 Å². The van der Waals surface area contributed by atoms with Gasteiger partial charge in [0.05, 0.1) is 6.61 Å². The van der Waals surface area contributed by atoms with Crippen molar-refractivity contribution in [3.05, 3.63) is 59.7 Å². The van der Waals surface area contributed by atoms with Gasteiger partial charge in [-0.2, -0.15) is 0 Å². The van der Waals surface area contributed by atoms with Crippen molar-refractivity contribution in [1.82, 2.24) is 10.6 Å². The summed E-state index contributed by atoms with van der Waals surface area (Å²) in [6.07, 6.45) is 1.75. The molecule has 0 aromatic heterocycles. The molecule has 2 aliphatic rings. The first-order valence-corrected chi connectivity index (χ1v) is 12.0. The van der Waals surface area contributed by atoms with E-state index in [1.807, 2.05) is 36.4 Å². The topological polar surface area (TPSA) is 114 Å². The number of carbonyl (C=O) groups excluding carboxylic acids is 2. The van der Waals surface area contributed by atoms with Crippen LogP contribution in [0.3, 0.4) is 0 Å². The lowest BCUT2D eigenvalue weighted by atomic mass is 9.95. The molecule has 1 fully saturated rings. The number of hydrogen-bond donors (Lipinski definition) is 3. The fraction of sp³-hybridized carbons (Fsp3) is 0.444. The monoisotopic (exact) mass is 480 g/mol. The number of rotatable bonds is 11. The summed E-state index contributed by atoms with van der Waals surface area (Å²) in [6.45, 7) is 1.72. The van der Waals surface area contributed by atoms with E-state index >= 15 is 0 Å². The van der Waals surface area contributed by atoms with E-state index in [4.69, 9.17) is 9.47 Å². The number of aliphatic carboxylic acids is 1. The van der Waals surface area contributed by atoms with Crippen LogP contribution in [0.4, 0.5) is 4.79 Å². The fourth-order valence-electron chi connectivity index (χ4n) is 4.79. The Hall–Kier alpha value is -3.39. The van der Waals surface area contributed by atoms with Gasteiger partial charge in [0.1, 0.15) is 18.2 Å². The summed E-state index contributed by atoms with van der Waals surface area (Å²) in [5.74, 6) is -1.49. The molecule has 1 unspecified atom stereocenters. The summed E-state index contributed by atoms with van der Waals surface area (Å²) < 4.78 is 10.9. The zero-order valence-corrected chi connectivity index (χ0v) is 20.1. The highest BCUT2D eigenvalue weighted by Gasteiger charge is 2.42. The number of methoxy groups -OCH3 is 1. The average molecular weight is 481 g/mol. The minimum Gasteiger partial charge on any atom is -0.480 e. The Morgan fingerprint density at radius 1 is 1.06 bits per heavy atom. The van der Waals surface area contributed by atoms with Crippen LogP contribution in [0.15, 0.2) is 48.5 Å². The zero-order valence-electron chi connectivity index (χ0n) is 20.1. The molecule has 0 saturated heterocycles. The fourth-order valence-corrected chi connectivity index (χ4v) is 4.79. The highest BCUT2D eigenvalue weighted by Crippen LogP contribution is 2.44. The molecule has 4 rings (SSSR count). The molecule has 2 atom stereocenters. The van der Waals surface area contributed by atoms with E-state index in [0.717, 1.165) is 35.1 Å². The van der Waals surface area contributed by atoms with Crippen LogP contribution in [0.5, 0.6) is 0 Å². The average Bonchev–Trinajstić information content (AvgIpc) is 3.62. The van der Waals surface area contributed by atoms with Gasteiger partial charge in [-0.05, 0) is 41.0 Å². The number of alkyl carbamates (subject to hydrolysis) is 1. The third-order valence-corrected chi connectivity index (χ3v) is 6.98. The molecule has 3 N–H and O–H groups in total. The molecule has 0 bridgehead atoms. The van der Waals surface area contributed by atoms with Crippen molar-refractivity contribution in [2.45, 2.75) is 50.1 Å². The van der Waals surface area contributed by atoms with Gasteiger partial charge in [0.2, 0.25) is 5.91 Å². The van der Waals surface area contributed by atoms with Gasteiger partial charge < -0.3 is 25.2 Å². The van der Waals surface area contributed by atoms with Crippen molar-refractivity contribution in [3.63, 3.8) is 0 Å². The molecule has 2 amide bonds. The van der Waals surface area contributed by atoms with Crippen molar-refractivity contribution in [1.29, 1.82) is 0 Å². The summed E-state index contributed by atoms with van der Waals surface area (Å²) in [7, 11) is 1.43. The maximum absolute atomic E-state index is 13.2. The molecule has 2 aromatic rings. The number of carboxylic acid groups (broad SMARTS) is 1. The predicted molar refractivity (Wildman–Crippen MR) is 130 cm³/mol. The number of hydrogen-bond acceptors (Lipinski definition) is 5. The first-order valence-electron chi connectivity index (χ1n) is 12.0. The highest BCUT2D eigenvalue weighted by atomic mass is 16.5. The number of fused-ring (bicyclic) bond motifs is 3. The smallest absolute Gasteiger partial charge is 0.408 e. The van der Waals surface area contributed by atoms with Gasteiger partial charge in [-0.3, -0.25) is 4.79 Å². The Labute approximate surface area is 205 Å². The molecule has 0 radical (unpaired) electrons. The van der Waals surface area contributed by atoms with E-state index in [2.05, 4.69) is 22.8 Å². The van der Waals surface area contributed by atoms with Crippen molar-refractivity contribution in [2.75, 3.05) is 20.3 Å². The summed E-state index contributed by atoms with van der Waals surface area (Å²) in [4.78, 5) is 37.8. The normalized spacial score (nSPS) is 17.0. The molecule has 186 valence electrons. The minimum absolute atomic E-state index is 0.105. The molecule has 2 aromatic carbocycles. The van der Waals surface area contributed by atoms with Crippen LogP contribution in [0.2, 0.25) is 0 Å². The molecule has 2 aliphatic carbocycles. The van der Waals surface area contributed by atoms with E-state index in [1.54, 1.807) is 6.92 Å². The summed E-state index contributed by atoms with van der Waals surface area (Å²) in [6, 6.07) is 15.0. The third kappa shape index (κ3) is 5.32. The van der Waals surface area contributed by atoms with Crippen molar-refractivity contribution < 1.29 is 29.0 Å². The van der Waals surface area contributed by atoms with Crippen LogP contribution >= 0.6 is 0 Å². The lowest BCUT2D eigenvalue weighted by molar-refractivity contribution is -0.143. The van der Waals surface area contributed by atoms with Gasteiger partial charge in [0.25, 0.3) is 0 Å². The van der Waals surface area contributed by atoms with Gasteiger partial charge in [-0.15, -0.1) is 0 Å². The maximum Gasteiger partial charge on any atom is 0.408 e. The van der Waals surface area contributed by atoms with E-state index < -0.39 is 29.6 Å². The predicted octanol–water partition coefficient (Wildman–Crippen LogP) is 3.69. The van der Waals surface area contributed by atoms with E-state index in [9.17, 15) is 19.5 Å². The first-order chi connectivity index (χ1) is 16.9. The number of carboxylic acids is 1. The Bertz CT molecular complexity index is 1050. The van der Waals surface area contributed by atoms with Gasteiger partial charge in [0.15, 0.2) is 0 Å². The molecule has 8 nitrogen and oxygen atoms in total. The Balaban J connectivity index is 1.45. The molecule has 0 aliphatic heterocycles. The zero-order chi connectivity index (χ0) is 25.0. The maximum atomic E-state index is 13.2. The van der Waals surface area contributed by atoms with Crippen LogP contribution in [-0.2, 0) is 19.1 Å². The molecule has 0 heterocycles. The second-order valence-electron chi connectivity index (χ2n) is 9.36. The summed E-state index contributed by atoms with van der Waals surface area (Å²) in [5.41, 5.74) is 2.96.